The Bertz CT molecular complexity index is 1040. The van der Waals surface area contributed by atoms with Crippen LogP contribution in [-0.2, 0) is 6.42 Å². The van der Waals surface area contributed by atoms with Crippen LogP contribution in [0.1, 0.15) is 16.1 Å². The second-order valence-electron chi connectivity index (χ2n) is 5.99. The minimum atomic E-state index is -0.0872. The molecule has 1 amide bonds. The molecule has 0 atom stereocenters. The first-order valence-electron chi connectivity index (χ1n) is 8.34. The molecule has 0 bridgehead atoms. The van der Waals surface area contributed by atoms with Crippen LogP contribution in [0, 0.1) is 0 Å². The molecule has 130 valence electrons. The van der Waals surface area contributed by atoms with Crippen molar-refractivity contribution in [3.8, 4) is 5.69 Å². The third kappa shape index (κ3) is 3.48. The van der Waals surface area contributed by atoms with Gasteiger partial charge in [-0.05, 0) is 48.5 Å². The molecular weight excluding hydrogens is 348 g/mol. The van der Waals surface area contributed by atoms with Crippen molar-refractivity contribution < 1.29 is 4.79 Å². The molecule has 0 aliphatic rings. The summed E-state index contributed by atoms with van der Waals surface area (Å²) >= 11 is 5.98. The molecule has 5 nitrogen and oxygen atoms in total. The number of amides is 1. The lowest BCUT2D eigenvalue weighted by Crippen LogP contribution is -2.25. The second-order valence-corrected chi connectivity index (χ2v) is 6.42. The van der Waals surface area contributed by atoms with E-state index < -0.39 is 0 Å². The number of fused-ring (bicyclic) bond motifs is 1. The zero-order valence-corrected chi connectivity index (χ0v) is 14.7. The van der Waals surface area contributed by atoms with Crippen LogP contribution in [0.15, 0.2) is 73.3 Å². The summed E-state index contributed by atoms with van der Waals surface area (Å²) in [5.41, 5.74) is 3.42. The van der Waals surface area contributed by atoms with Gasteiger partial charge in [0.05, 0.1) is 10.7 Å². The SMILES string of the molecule is O=C(NCCc1cn2cc(Cl)ccc2n1)c1ccc(-n2cccc2)cc1. The zero-order valence-electron chi connectivity index (χ0n) is 14.0. The lowest BCUT2D eigenvalue weighted by molar-refractivity contribution is 0.0954. The Labute approximate surface area is 155 Å². The molecule has 0 aliphatic carbocycles. The Hall–Kier alpha value is -3.05. The summed E-state index contributed by atoms with van der Waals surface area (Å²) in [6.07, 6.45) is 8.35. The highest BCUT2D eigenvalue weighted by atomic mass is 35.5. The van der Waals surface area contributed by atoms with Crippen LogP contribution in [0.5, 0.6) is 0 Å². The summed E-state index contributed by atoms with van der Waals surface area (Å²) in [5.74, 6) is -0.0872. The van der Waals surface area contributed by atoms with Crippen molar-refractivity contribution >= 4 is 23.2 Å². The summed E-state index contributed by atoms with van der Waals surface area (Å²) in [6, 6.07) is 15.1. The maximum atomic E-state index is 12.3. The van der Waals surface area contributed by atoms with Gasteiger partial charge in [-0.3, -0.25) is 4.79 Å². The van der Waals surface area contributed by atoms with Crippen LogP contribution in [-0.4, -0.2) is 26.4 Å². The normalized spacial score (nSPS) is 11.0. The number of rotatable bonds is 5. The van der Waals surface area contributed by atoms with E-state index in [4.69, 9.17) is 11.6 Å². The summed E-state index contributed by atoms with van der Waals surface area (Å²) < 4.78 is 3.89. The van der Waals surface area contributed by atoms with Gasteiger partial charge in [-0.15, -0.1) is 0 Å². The first-order chi connectivity index (χ1) is 12.7. The number of carbonyl (C=O) groups excluding carboxylic acids is 1. The van der Waals surface area contributed by atoms with E-state index in [2.05, 4.69) is 10.3 Å². The Morgan fingerprint density at radius 2 is 1.81 bits per heavy atom. The molecule has 0 saturated heterocycles. The minimum Gasteiger partial charge on any atom is -0.352 e. The number of hydrogen-bond donors (Lipinski definition) is 1. The lowest BCUT2D eigenvalue weighted by Gasteiger charge is -2.06. The van der Waals surface area contributed by atoms with Crippen molar-refractivity contribution in [2.24, 2.45) is 0 Å². The van der Waals surface area contributed by atoms with E-state index in [9.17, 15) is 4.79 Å². The van der Waals surface area contributed by atoms with Gasteiger partial charge in [-0.1, -0.05) is 11.6 Å². The van der Waals surface area contributed by atoms with Crippen molar-refractivity contribution in [2.75, 3.05) is 6.54 Å². The third-order valence-corrected chi connectivity index (χ3v) is 4.39. The van der Waals surface area contributed by atoms with Gasteiger partial charge in [0, 0.05) is 49.0 Å². The topological polar surface area (TPSA) is 51.3 Å². The Morgan fingerprint density at radius 1 is 1.04 bits per heavy atom. The number of halogens is 1. The van der Waals surface area contributed by atoms with Crippen molar-refractivity contribution in [1.82, 2.24) is 19.3 Å². The first-order valence-corrected chi connectivity index (χ1v) is 8.71. The smallest absolute Gasteiger partial charge is 0.251 e. The lowest BCUT2D eigenvalue weighted by atomic mass is 10.2. The third-order valence-electron chi connectivity index (χ3n) is 4.16. The molecule has 4 aromatic rings. The summed E-state index contributed by atoms with van der Waals surface area (Å²) in [6.45, 7) is 0.524. The van der Waals surface area contributed by atoms with Crippen LogP contribution in [0.3, 0.4) is 0 Å². The number of hydrogen-bond acceptors (Lipinski definition) is 2. The molecule has 0 unspecified atom stereocenters. The molecule has 0 spiro atoms. The largest absolute Gasteiger partial charge is 0.352 e. The molecular formula is C20H17ClN4O. The van der Waals surface area contributed by atoms with Crippen molar-refractivity contribution in [3.05, 3.63) is 89.6 Å². The van der Waals surface area contributed by atoms with Crippen molar-refractivity contribution in [1.29, 1.82) is 0 Å². The predicted octanol–water partition coefficient (Wildman–Crippen LogP) is 3.75. The number of nitrogens with one attached hydrogen (secondary N) is 1. The van der Waals surface area contributed by atoms with Crippen LogP contribution in [0.4, 0.5) is 0 Å². The molecule has 1 aromatic carbocycles. The Kier molecular flexibility index (Phi) is 4.46. The molecule has 6 heteroatoms. The fourth-order valence-electron chi connectivity index (χ4n) is 2.84. The van der Waals surface area contributed by atoms with E-state index in [1.54, 1.807) is 0 Å². The molecule has 26 heavy (non-hydrogen) atoms. The second kappa shape index (κ2) is 7.06. The highest BCUT2D eigenvalue weighted by Crippen LogP contribution is 2.12. The Balaban J connectivity index is 1.35. The van der Waals surface area contributed by atoms with E-state index in [-0.39, 0.29) is 5.91 Å². The van der Waals surface area contributed by atoms with Gasteiger partial charge < -0.3 is 14.3 Å². The van der Waals surface area contributed by atoms with Crippen molar-refractivity contribution in [2.45, 2.75) is 6.42 Å². The average molecular weight is 365 g/mol. The van der Waals surface area contributed by atoms with Crippen LogP contribution in [0.2, 0.25) is 5.02 Å². The number of carbonyl (C=O) groups is 1. The average Bonchev–Trinajstić information content (AvgIpc) is 3.31. The summed E-state index contributed by atoms with van der Waals surface area (Å²) in [5, 5.41) is 3.60. The molecule has 0 aliphatic heterocycles. The molecule has 3 heterocycles. The zero-order chi connectivity index (χ0) is 17.9. The van der Waals surface area contributed by atoms with E-state index in [0.717, 1.165) is 17.0 Å². The minimum absolute atomic E-state index is 0.0872. The number of benzene rings is 1. The van der Waals surface area contributed by atoms with Crippen LogP contribution >= 0.6 is 11.6 Å². The monoisotopic (exact) mass is 364 g/mol. The van der Waals surface area contributed by atoms with Gasteiger partial charge in [0.1, 0.15) is 5.65 Å². The van der Waals surface area contributed by atoms with Gasteiger partial charge in [0.2, 0.25) is 0 Å². The van der Waals surface area contributed by atoms with Gasteiger partial charge in [-0.25, -0.2) is 4.98 Å². The molecule has 4 rings (SSSR count). The molecule has 3 aromatic heterocycles. The van der Waals surface area contributed by atoms with Crippen LogP contribution in [0.25, 0.3) is 11.3 Å². The maximum Gasteiger partial charge on any atom is 0.251 e. The van der Waals surface area contributed by atoms with E-state index >= 15 is 0 Å². The molecule has 0 saturated carbocycles. The standard InChI is InChI=1S/C20H17ClN4O/c21-16-5-8-19-23-17(14-25(19)13-16)9-10-22-20(26)15-3-6-18(7-4-15)24-11-1-2-12-24/h1-8,11-14H,9-10H2,(H,22,26). The van der Waals surface area contributed by atoms with Gasteiger partial charge in [0.15, 0.2) is 0 Å². The highest BCUT2D eigenvalue weighted by molar-refractivity contribution is 6.30. The van der Waals surface area contributed by atoms with E-state index in [1.807, 2.05) is 82.3 Å². The maximum absolute atomic E-state index is 12.3. The predicted molar refractivity (Wildman–Crippen MR) is 102 cm³/mol. The van der Waals surface area contributed by atoms with Gasteiger partial charge in [-0.2, -0.15) is 0 Å². The fraction of sp³-hybridized carbons (Fsp3) is 0.100. The van der Waals surface area contributed by atoms with E-state index in [0.29, 0.717) is 23.6 Å². The number of pyridine rings is 1. The summed E-state index contributed by atoms with van der Waals surface area (Å²) in [4.78, 5) is 16.8. The number of nitrogens with zero attached hydrogens (tertiary/aromatic N) is 3. The highest BCUT2D eigenvalue weighted by Gasteiger charge is 2.07. The van der Waals surface area contributed by atoms with Gasteiger partial charge >= 0.3 is 0 Å². The molecule has 1 N–H and O–H groups in total. The first kappa shape index (κ1) is 16.4. The van der Waals surface area contributed by atoms with Crippen LogP contribution < -0.4 is 5.32 Å². The quantitative estimate of drug-likeness (QED) is 0.586. The number of imidazole rings is 1. The van der Waals surface area contributed by atoms with E-state index in [1.165, 1.54) is 0 Å². The van der Waals surface area contributed by atoms with Crippen molar-refractivity contribution in [3.63, 3.8) is 0 Å². The molecule has 0 radical (unpaired) electrons. The fourth-order valence-corrected chi connectivity index (χ4v) is 3.00. The molecule has 0 fully saturated rings. The summed E-state index contributed by atoms with van der Waals surface area (Å²) in [7, 11) is 0. The Morgan fingerprint density at radius 3 is 2.58 bits per heavy atom. The number of aromatic nitrogens is 3. The van der Waals surface area contributed by atoms with Gasteiger partial charge in [0.25, 0.3) is 5.91 Å².